The Balaban J connectivity index is 1.37. The Kier molecular flexibility index (Phi) is 5.13. The Labute approximate surface area is 169 Å². The number of anilines is 2. The summed E-state index contributed by atoms with van der Waals surface area (Å²) in [6, 6.07) is 13.5. The van der Waals surface area contributed by atoms with Crippen LogP contribution in [-0.2, 0) is 9.59 Å². The SMILES string of the molecule is COc1cccc(NC(=O)C2(C(=O)N3CCN(c4ccc(F)cc4)CC3)CC2)c1. The van der Waals surface area contributed by atoms with Crippen molar-refractivity contribution in [3.05, 3.63) is 54.3 Å². The molecule has 1 N–H and O–H groups in total. The normalized spacial score (nSPS) is 17.6. The van der Waals surface area contributed by atoms with Crippen LogP contribution < -0.4 is 15.0 Å². The molecule has 0 radical (unpaired) electrons. The van der Waals surface area contributed by atoms with Crippen LogP contribution in [-0.4, -0.2) is 50.0 Å². The third kappa shape index (κ3) is 3.90. The van der Waals surface area contributed by atoms with Gasteiger partial charge in [-0.25, -0.2) is 4.39 Å². The van der Waals surface area contributed by atoms with E-state index in [-0.39, 0.29) is 17.6 Å². The summed E-state index contributed by atoms with van der Waals surface area (Å²) in [6.07, 6.45) is 1.14. The van der Waals surface area contributed by atoms with Crippen molar-refractivity contribution < 1.29 is 18.7 Å². The highest BCUT2D eigenvalue weighted by Gasteiger charge is 2.58. The second kappa shape index (κ2) is 7.73. The predicted octanol–water partition coefficient (Wildman–Crippen LogP) is 2.90. The Morgan fingerprint density at radius 2 is 1.72 bits per heavy atom. The second-order valence-electron chi connectivity index (χ2n) is 7.52. The van der Waals surface area contributed by atoms with Crippen LogP contribution in [0.25, 0.3) is 0 Å². The third-order valence-electron chi connectivity index (χ3n) is 5.68. The monoisotopic (exact) mass is 397 g/mol. The first kappa shape index (κ1) is 19.2. The summed E-state index contributed by atoms with van der Waals surface area (Å²) >= 11 is 0. The molecule has 0 spiro atoms. The van der Waals surface area contributed by atoms with Crippen molar-refractivity contribution in [2.24, 2.45) is 5.41 Å². The maximum atomic E-state index is 13.1. The molecule has 7 heteroatoms. The van der Waals surface area contributed by atoms with Crippen LogP contribution in [0.1, 0.15) is 12.8 Å². The number of halogens is 1. The van der Waals surface area contributed by atoms with Gasteiger partial charge in [0.1, 0.15) is 17.0 Å². The zero-order chi connectivity index (χ0) is 20.4. The summed E-state index contributed by atoms with van der Waals surface area (Å²) in [6.45, 7) is 2.41. The van der Waals surface area contributed by atoms with E-state index in [1.807, 2.05) is 0 Å². The van der Waals surface area contributed by atoms with Gasteiger partial charge in [0.25, 0.3) is 0 Å². The lowest BCUT2D eigenvalue weighted by molar-refractivity contribution is -0.142. The lowest BCUT2D eigenvalue weighted by Gasteiger charge is -2.37. The molecule has 6 nitrogen and oxygen atoms in total. The maximum absolute atomic E-state index is 13.1. The minimum Gasteiger partial charge on any atom is -0.497 e. The van der Waals surface area contributed by atoms with Crippen molar-refractivity contribution in [1.82, 2.24) is 4.90 Å². The van der Waals surface area contributed by atoms with E-state index >= 15 is 0 Å². The number of nitrogens with one attached hydrogen (secondary N) is 1. The Morgan fingerprint density at radius 1 is 1.03 bits per heavy atom. The van der Waals surface area contributed by atoms with Gasteiger partial charge < -0.3 is 19.9 Å². The highest BCUT2D eigenvalue weighted by atomic mass is 19.1. The summed E-state index contributed by atoms with van der Waals surface area (Å²) in [5.41, 5.74) is 0.603. The van der Waals surface area contributed by atoms with E-state index in [0.717, 1.165) is 5.69 Å². The smallest absolute Gasteiger partial charge is 0.240 e. The summed E-state index contributed by atoms with van der Waals surface area (Å²) < 4.78 is 18.3. The van der Waals surface area contributed by atoms with Crippen molar-refractivity contribution in [3.8, 4) is 5.75 Å². The molecule has 0 unspecified atom stereocenters. The van der Waals surface area contributed by atoms with E-state index in [4.69, 9.17) is 4.74 Å². The van der Waals surface area contributed by atoms with Gasteiger partial charge in [-0.2, -0.15) is 0 Å². The minimum atomic E-state index is -0.957. The number of carbonyl (C=O) groups excluding carboxylic acids is 2. The van der Waals surface area contributed by atoms with Crippen LogP contribution >= 0.6 is 0 Å². The van der Waals surface area contributed by atoms with Gasteiger partial charge in [0, 0.05) is 43.6 Å². The molecule has 1 saturated heterocycles. The number of amides is 2. The molecule has 0 aromatic heterocycles. The van der Waals surface area contributed by atoms with Crippen molar-refractivity contribution in [1.29, 1.82) is 0 Å². The number of rotatable bonds is 5. The summed E-state index contributed by atoms with van der Waals surface area (Å²) in [5.74, 6) is 0.0320. The maximum Gasteiger partial charge on any atom is 0.240 e. The molecular formula is C22H24FN3O3. The molecule has 1 aliphatic carbocycles. The number of nitrogens with zero attached hydrogens (tertiary/aromatic N) is 2. The molecule has 2 aromatic carbocycles. The number of methoxy groups -OCH3 is 1. The van der Waals surface area contributed by atoms with Gasteiger partial charge in [0.05, 0.1) is 7.11 Å². The van der Waals surface area contributed by atoms with E-state index in [2.05, 4.69) is 10.2 Å². The van der Waals surface area contributed by atoms with Crippen LogP contribution in [0.15, 0.2) is 48.5 Å². The van der Waals surface area contributed by atoms with Crippen molar-refractivity contribution in [2.75, 3.05) is 43.5 Å². The van der Waals surface area contributed by atoms with Crippen molar-refractivity contribution in [2.45, 2.75) is 12.8 Å². The zero-order valence-electron chi connectivity index (χ0n) is 16.4. The molecule has 2 aliphatic rings. The van der Waals surface area contributed by atoms with Gasteiger partial charge in [-0.15, -0.1) is 0 Å². The quantitative estimate of drug-likeness (QED) is 0.788. The Bertz CT molecular complexity index is 904. The molecule has 2 amide bonds. The first-order chi connectivity index (χ1) is 14.0. The number of carbonyl (C=O) groups is 2. The minimum absolute atomic E-state index is 0.100. The van der Waals surface area contributed by atoms with Crippen LogP contribution in [0.3, 0.4) is 0 Å². The number of ether oxygens (including phenoxy) is 1. The van der Waals surface area contributed by atoms with Crippen molar-refractivity contribution in [3.63, 3.8) is 0 Å². The van der Waals surface area contributed by atoms with Crippen LogP contribution in [0.5, 0.6) is 5.75 Å². The van der Waals surface area contributed by atoms with E-state index in [1.165, 1.54) is 12.1 Å². The third-order valence-corrected chi connectivity index (χ3v) is 5.68. The predicted molar refractivity (Wildman–Crippen MR) is 108 cm³/mol. The molecule has 1 saturated carbocycles. The number of hydrogen-bond acceptors (Lipinski definition) is 4. The average molecular weight is 397 g/mol. The first-order valence-corrected chi connectivity index (χ1v) is 9.77. The van der Waals surface area contributed by atoms with E-state index in [0.29, 0.717) is 50.5 Å². The van der Waals surface area contributed by atoms with Gasteiger partial charge in [0.15, 0.2) is 0 Å². The summed E-state index contributed by atoms with van der Waals surface area (Å²) in [4.78, 5) is 29.9. The molecule has 1 heterocycles. The number of benzene rings is 2. The zero-order valence-corrected chi connectivity index (χ0v) is 16.4. The molecule has 4 rings (SSSR count). The number of hydrogen-bond donors (Lipinski definition) is 1. The van der Waals surface area contributed by atoms with Crippen molar-refractivity contribution >= 4 is 23.2 Å². The second-order valence-corrected chi connectivity index (χ2v) is 7.52. The molecule has 1 aliphatic heterocycles. The topological polar surface area (TPSA) is 61.9 Å². The highest BCUT2D eigenvalue weighted by Crippen LogP contribution is 2.48. The van der Waals surface area contributed by atoms with E-state index in [1.54, 1.807) is 48.4 Å². The molecule has 0 atom stereocenters. The largest absolute Gasteiger partial charge is 0.497 e. The lowest BCUT2D eigenvalue weighted by atomic mass is 10.0. The molecule has 0 bridgehead atoms. The summed E-state index contributed by atoms with van der Waals surface area (Å²) in [7, 11) is 1.57. The standard InChI is InChI=1S/C22H24FN3O3/c1-29-19-4-2-3-17(15-19)24-20(27)22(9-10-22)21(28)26-13-11-25(12-14-26)18-7-5-16(23)6-8-18/h2-8,15H,9-14H2,1H3,(H,24,27). The summed E-state index contributed by atoms with van der Waals surface area (Å²) in [5, 5.41) is 2.87. The van der Waals surface area contributed by atoms with E-state index in [9.17, 15) is 14.0 Å². The molecule has 29 heavy (non-hydrogen) atoms. The van der Waals surface area contributed by atoms with E-state index < -0.39 is 5.41 Å². The molecule has 2 fully saturated rings. The lowest BCUT2D eigenvalue weighted by Crippen LogP contribution is -2.52. The van der Waals surface area contributed by atoms with Gasteiger partial charge in [-0.05, 0) is 49.2 Å². The Hall–Kier alpha value is -3.09. The average Bonchev–Trinajstić information content (AvgIpc) is 3.56. The van der Waals surface area contributed by atoms with Gasteiger partial charge >= 0.3 is 0 Å². The van der Waals surface area contributed by atoms with Gasteiger partial charge in [0.2, 0.25) is 11.8 Å². The van der Waals surface area contributed by atoms with Crippen LogP contribution in [0.2, 0.25) is 0 Å². The van der Waals surface area contributed by atoms with Gasteiger partial charge in [-0.3, -0.25) is 9.59 Å². The highest BCUT2D eigenvalue weighted by molar-refractivity contribution is 6.13. The molecular weight excluding hydrogens is 373 g/mol. The molecule has 152 valence electrons. The van der Waals surface area contributed by atoms with Crippen LogP contribution in [0.4, 0.5) is 15.8 Å². The fourth-order valence-corrected chi connectivity index (χ4v) is 3.74. The number of piperazine rings is 1. The van der Waals surface area contributed by atoms with Gasteiger partial charge in [-0.1, -0.05) is 6.07 Å². The Morgan fingerprint density at radius 3 is 2.34 bits per heavy atom. The fourth-order valence-electron chi connectivity index (χ4n) is 3.74. The van der Waals surface area contributed by atoms with Crippen LogP contribution in [0, 0.1) is 11.2 Å². The first-order valence-electron chi connectivity index (χ1n) is 9.77. The molecule has 2 aromatic rings. The fraction of sp³-hybridized carbons (Fsp3) is 0.364.